The molecule has 254 valence electrons. The van der Waals surface area contributed by atoms with Crippen molar-refractivity contribution in [3.05, 3.63) is 95.3 Å². The molecule has 3 heterocycles. The molecular formula is C38H44F2N4O4. The maximum absolute atomic E-state index is 15.0. The number of anilines is 3. The normalized spacial score (nSPS) is 15.2. The lowest BCUT2D eigenvalue weighted by Crippen LogP contribution is -2.39. The van der Waals surface area contributed by atoms with Crippen molar-refractivity contribution in [1.29, 1.82) is 0 Å². The lowest BCUT2D eigenvalue weighted by molar-refractivity contribution is -0.160. The highest BCUT2D eigenvalue weighted by molar-refractivity contribution is 5.93. The van der Waals surface area contributed by atoms with Crippen LogP contribution < -0.4 is 15.0 Å². The topological polar surface area (TPSA) is 96.8 Å². The van der Waals surface area contributed by atoms with Crippen LogP contribution in [0.25, 0.3) is 11.1 Å². The van der Waals surface area contributed by atoms with E-state index in [-0.39, 0.29) is 17.1 Å². The average molecular weight is 659 g/mol. The van der Waals surface area contributed by atoms with E-state index in [0.29, 0.717) is 60.2 Å². The standard InChI is InChI=1S/C38H44F2N4O4/c1-24-30(33(36(45)46)48-37(2,3)4)32(44-21-18-38(5,6)19-22-44)31(35(42-24)43-34-29(40)8-7-20-41-34)26-11-15-28(16-12-26)47-23-17-25-9-13-27(39)14-10-25/h7-16,20,33H,17-19,21-23H2,1-6H3,(H,45,46)(H,41,42,43). The Balaban J connectivity index is 1.63. The largest absolute Gasteiger partial charge is 0.493 e. The van der Waals surface area contributed by atoms with Crippen molar-refractivity contribution in [1.82, 2.24) is 9.97 Å². The van der Waals surface area contributed by atoms with E-state index in [0.717, 1.165) is 24.0 Å². The second-order valence-corrected chi connectivity index (χ2v) is 14.0. The summed E-state index contributed by atoms with van der Waals surface area (Å²) in [5, 5.41) is 13.7. The highest BCUT2D eigenvalue weighted by atomic mass is 19.1. The Hall–Kier alpha value is -4.57. The molecule has 8 nitrogen and oxygen atoms in total. The number of aliphatic carboxylic acids is 1. The Morgan fingerprint density at radius 2 is 1.69 bits per heavy atom. The first-order chi connectivity index (χ1) is 22.7. The number of hydrogen-bond donors (Lipinski definition) is 2. The molecule has 10 heteroatoms. The van der Waals surface area contributed by atoms with Crippen LogP contribution in [0.1, 0.15) is 70.4 Å². The number of nitrogens with one attached hydrogen (secondary N) is 1. The van der Waals surface area contributed by atoms with Crippen molar-refractivity contribution in [3.8, 4) is 16.9 Å². The van der Waals surface area contributed by atoms with Gasteiger partial charge < -0.3 is 24.8 Å². The minimum atomic E-state index is -1.31. The van der Waals surface area contributed by atoms with Gasteiger partial charge in [-0.25, -0.2) is 23.5 Å². The zero-order chi connectivity index (χ0) is 34.6. The van der Waals surface area contributed by atoms with Gasteiger partial charge in [-0.2, -0.15) is 0 Å². The molecule has 2 N–H and O–H groups in total. The zero-order valence-electron chi connectivity index (χ0n) is 28.4. The fourth-order valence-electron chi connectivity index (χ4n) is 5.88. The monoisotopic (exact) mass is 658 g/mol. The number of piperidine rings is 1. The SMILES string of the molecule is Cc1nc(Nc2ncccc2F)c(-c2ccc(OCCc3ccc(F)cc3)cc2)c(N2CCC(C)(C)CC2)c1C(OC(C)(C)C)C(=O)O. The molecule has 0 spiro atoms. The molecule has 1 aliphatic rings. The van der Waals surface area contributed by atoms with Crippen LogP contribution in [0, 0.1) is 24.0 Å². The van der Waals surface area contributed by atoms with E-state index in [9.17, 15) is 18.7 Å². The third-order valence-corrected chi connectivity index (χ3v) is 8.50. The van der Waals surface area contributed by atoms with Crippen LogP contribution >= 0.6 is 0 Å². The van der Waals surface area contributed by atoms with Gasteiger partial charge >= 0.3 is 5.97 Å². The highest BCUT2D eigenvalue weighted by Gasteiger charge is 2.37. The van der Waals surface area contributed by atoms with E-state index in [2.05, 4.69) is 29.0 Å². The van der Waals surface area contributed by atoms with E-state index in [1.807, 2.05) is 45.0 Å². The number of ether oxygens (including phenoxy) is 2. The van der Waals surface area contributed by atoms with Gasteiger partial charge in [-0.3, -0.25) is 0 Å². The number of aromatic nitrogens is 2. The zero-order valence-corrected chi connectivity index (χ0v) is 28.4. The Morgan fingerprint density at radius 1 is 1.02 bits per heavy atom. The number of nitrogens with zero attached hydrogens (tertiary/aromatic N) is 3. The van der Waals surface area contributed by atoms with Crippen molar-refractivity contribution in [2.75, 3.05) is 29.9 Å². The number of hydrogen-bond acceptors (Lipinski definition) is 7. The maximum atomic E-state index is 15.0. The van der Waals surface area contributed by atoms with Gasteiger partial charge in [-0.15, -0.1) is 0 Å². The molecule has 48 heavy (non-hydrogen) atoms. The minimum Gasteiger partial charge on any atom is -0.493 e. The summed E-state index contributed by atoms with van der Waals surface area (Å²) in [5.41, 5.74) is 3.25. The van der Waals surface area contributed by atoms with Crippen LogP contribution in [-0.4, -0.2) is 46.3 Å². The van der Waals surface area contributed by atoms with Gasteiger partial charge in [0.15, 0.2) is 17.7 Å². The number of halogens is 2. The smallest absolute Gasteiger partial charge is 0.337 e. The summed E-state index contributed by atoms with van der Waals surface area (Å²) in [6, 6.07) is 16.6. The molecule has 1 fully saturated rings. The predicted molar refractivity (Wildman–Crippen MR) is 184 cm³/mol. The van der Waals surface area contributed by atoms with Crippen molar-refractivity contribution in [2.24, 2.45) is 5.41 Å². The Bertz CT molecular complexity index is 1730. The summed E-state index contributed by atoms with van der Waals surface area (Å²) in [5.74, 6) is -0.967. The third kappa shape index (κ3) is 8.47. The number of carboxylic acids is 1. The molecule has 5 rings (SSSR count). The number of benzene rings is 2. The number of carbonyl (C=O) groups is 1. The van der Waals surface area contributed by atoms with Gasteiger partial charge in [0.1, 0.15) is 17.4 Å². The summed E-state index contributed by atoms with van der Waals surface area (Å²) in [7, 11) is 0. The third-order valence-electron chi connectivity index (χ3n) is 8.50. The van der Waals surface area contributed by atoms with Gasteiger partial charge in [0.05, 0.1) is 17.9 Å². The molecular weight excluding hydrogens is 614 g/mol. The van der Waals surface area contributed by atoms with E-state index < -0.39 is 23.5 Å². The highest BCUT2D eigenvalue weighted by Crippen LogP contribution is 2.47. The number of aryl methyl sites for hydroxylation is 1. The Morgan fingerprint density at radius 3 is 2.29 bits per heavy atom. The van der Waals surface area contributed by atoms with Gasteiger partial charge in [-0.05, 0) is 93.5 Å². The number of carboxylic acid groups (broad SMARTS) is 1. The molecule has 1 aliphatic heterocycles. The molecule has 0 saturated carbocycles. The summed E-state index contributed by atoms with van der Waals surface area (Å²) >= 11 is 0. The lowest BCUT2D eigenvalue weighted by atomic mass is 9.82. The molecule has 0 bridgehead atoms. The van der Waals surface area contributed by atoms with Crippen LogP contribution in [-0.2, 0) is 16.0 Å². The van der Waals surface area contributed by atoms with Crippen LogP contribution in [0.3, 0.4) is 0 Å². The first-order valence-corrected chi connectivity index (χ1v) is 16.3. The average Bonchev–Trinajstić information content (AvgIpc) is 3.02. The van der Waals surface area contributed by atoms with Crippen LogP contribution in [0.2, 0.25) is 0 Å². The Kier molecular flexibility index (Phi) is 10.3. The van der Waals surface area contributed by atoms with E-state index in [4.69, 9.17) is 14.5 Å². The molecule has 1 unspecified atom stereocenters. The fraction of sp³-hybridized carbons (Fsp3) is 0.395. The minimum absolute atomic E-state index is 0.00519. The first kappa shape index (κ1) is 34.8. The van der Waals surface area contributed by atoms with E-state index in [1.165, 1.54) is 30.5 Å². The fourth-order valence-corrected chi connectivity index (χ4v) is 5.88. The van der Waals surface area contributed by atoms with Crippen molar-refractivity contribution >= 4 is 23.3 Å². The second kappa shape index (κ2) is 14.3. The molecule has 0 aliphatic carbocycles. The van der Waals surface area contributed by atoms with E-state index in [1.54, 1.807) is 19.1 Å². The number of pyridine rings is 2. The Labute approximate surface area is 281 Å². The molecule has 0 amide bonds. The summed E-state index contributed by atoms with van der Waals surface area (Å²) in [6.07, 6.45) is 2.58. The van der Waals surface area contributed by atoms with E-state index >= 15 is 0 Å². The quantitative estimate of drug-likeness (QED) is 0.165. The second-order valence-electron chi connectivity index (χ2n) is 14.0. The molecule has 1 atom stereocenters. The van der Waals surface area contributed by atoms with Gasteiger partial charge in [0.2, 0.25) is 0 Å². The maximum Gasteiger partial charge on any atom is 0.337 e. The summed E-state index contributed by atoms with van der Waals surface area (Å²) in [6.45, 7) is 13.5. The van der Waals surface area contributed by atoms with Crippen LogP contribution in [0.4, 0.5) is 26.1 Å². The first-order valence-electron chi connectivity index (χ1n) is 16.3. The molecule has 0 radical (unpaired) electrons. The molecule has 2 aromatic carbocycles. The molecule has 2 aromatic heterocycles. The lowest BCUT2D eigenvalue weighted by Gasteiger charge is -2.41. The summed E-state index contributed by atoms with van der Waals surface area (Å²) < 4.78 is 40.5. The van der Waals surface area contributed by atoms with Gasteiger partial charge in [0, 0.05) is 42.5 Å². The summed E-state index contributed by atoms with van der Waals surface area (Å²) in [4.78, 5) is 24.2. The predicted octanol–water partition coefficient (Wildman–Crippen LogP) is 8.66. The molecule has 4 aromatic rings. The van der Waals surface area contributed by atoms with Gasteiger partial charge in [0.25, 0.3) is 0 Å². The molecule has 1 saturated heterocycles. The van der Waals surface area contributed by atoms with Crippen molar-refractivity contribution in [2.45, 2.75) is 72.5 Å². The number of rotatable bonds is 11. The van der Waals surface area contributed by atoms with Crippen molar-refractivity contribution < 1.29 is 28.2 Å². The van der Waals surface area contributed by atoms with Crippen LogP contribution in [0.5, 0.6) is 5.75 Å². The van der Waals surface area contributed by atoms with Gasteiger partial charge in [-0.1, -0.05) is 38.1 Å². The van der Waals surface area contributed by atoms with Crippen molar-refractivity contribution in [3.63, 3.8) is 0 Å². The van der Waals surface area contributed by atoms with Crippen LogP contribution in [0.15, 0.2) is 66.9 Å².